The third-order valence-corrected chi connectivity index (χ3v) is 2.63. The molecule has 1 heterocycles. The van der Waals surface area contributed by atoms with Gasteiger partial charge in [0.15, 0.2) is 5.58 Å². The van der Waals surface area contributed by atoms with Crippen molar-refractivity contribution in [3.05, 3.63) is 28.7 Å². The normalized spacial score (nSPS) is 12.8. The molecule has 6 heteroatoms. The quantitative estimate of drug-likeness (QED) is 0.746. The van der Waals surface area contributed by atoms with Gasteiger partial charge in [0.2, 0.25) is 5.91 Å². The molecule has 2 aromatic rings. The van der Waals surface area contributed by atoms with Gasteiger partial charge in [-0.15, -0.1) is 0 Å². The van der Waals surface area contributed by atoms with E-state index < -0.39 is 17.6 Å². The zero-order valence-corrected chi connectivity index (χ0v) is 9.34. The molecule has 0 aliphatic rings. The maximum Gasteiger partial charge on any atom is 0.419 e. The standard InChI is InChI=1S/C11H13N3O3/c1-6(10(13)15)5-14-8-3-2-7(12)4-9(8)17-11(14)16/h2-4,6H,5,12H2,1H3,(H2,13,15). The lowest BCUT2D eigenvalue weighted by Crippen LogP contribution is -2.28. The van der Waals surface area contributed by atoms with Crippen LogP contribution in [0.1, 0.15) is 6.92 Å². The summed E-state index contributed by atoms with van der Waals surface area (Å²) in [7, 11) is 0. The Balaban J connectivity index is 2.50. The maximum atomic E-state index is 11.6. The number of fused-ring (bicyclic) bond motifs is 1. The van der Waals surface area contributed by atoms with E-state index in [9.17, 15) is 9.59 Å². The van der Waals surface area contributed by atoms with Crippen LogP contribution in [-0.2, 0) is 11.3 Å². The second-order valence-electron chi connectivity index (χ2n) is 4.01. The average molecular weight is 235 g/mol. The van der Waals surface area contributed by atoms with Crippen LogP contribution in [0.25, 0.3) is 11.1 Å². The Morgan fingerprint density at radius 2 is 2.24 bits per heavy atom. The number of amides is 1. The summed E-state index contributed by atoms with van der Waals surface area (Å²) in [5, 5.41) is 0. The summed E-state index contributed by atoms with van der Waals surface area (Å²) in [6.07, 6.45) is 0. The van der Waals surface area contributed by atoms with E-state index >= 15 is 0 Å². The molecule has 1 aromatic carbocycles. The molecule has 6 nitrogen and oxygen atoms in total. The van der Waals surface area contributed by atoms with Crippen LogP contribution in [0.5, 0.6) is 0 Å². The van der Waals surface area contributed by atoms with Gasteiger partial charge >= 0.3 is 5.76 Å². The van der Waals surface area contributed by atoms with E-state index in [1.807, 2.05) is 0 Å². The van der Waals surface area contributed by atoms with Crippen molar-refractivity contribution in [3.8, 4) is 0 Å². The fourth-order valence-electron chi connectivity index (χ4n) is 1.62. The number of oxazole rings is 1. The minimum absolute atomic E-state index is 0.199. The molecule has 1 unspecified atom stereocenters. The third kappa shape index (κ3) is 2.01. The number of anilines is 1. The van der Waals surface area contributed by atoms with Crippen LogP contribution in [0, 0.1) is 5.92 Å². The van der Waals surface area contributed by atoms with Gasteiger partial charge in [0, 0.05) is 18.3 Å². The summed E-state index contributed by atoms with van der Waals surface area (Å²) in [4.78, 5) is 22.6. The maximum absolute atomic E-state index is 11.6. The van der Waals surface area contributed by atoms with E-state index in [0.717, 1.165) is 0 Å². The first-order chi connectivity index (χ1) is 7.99. The molecule has 0 aliphatic carbocycles. The molecule has 0 bridgehead atoms. The molecule has 0 fully saturated rings. The molecule has 0 radical (unpaired) electrons. The fraction of sp³-hybridized carbons (Fsp3) is 0.273. The molecule has 1 atom stereocenters. The molecule has 0 aliphatic heterocycles. The summed E-state index contributed by atoms with van der Waals surface area (Å²) < 4.78 is 6.41. The van der Waals surface area contributed by atoms with Crippen molar-refractivity contribution in [2.24, 2.45) is 11.7 Å². The number of benzene rings is 1. The number of primary amides is 1. The predicted molar refractivity (Wildman–Crippen MR) is 63.2 cm³/mol. The Hall–Kier alpha value is -2.24. The van der Waals surface area contributed by atoms with Crippen LogP contribution in [0.4, 0.5) is 5.69 Å². The zero-order valence-electron chi connectivity index (χ0n) is 9.34. The van der Waals surface area contributed by atoms with Gasteiger partial charge in [0.25, 0.3) is 0 Å². The van der Waals surface area contributed by atoms with Gasteiger partial charge in [-0.1, -0.05) is 6.92 Å². The van der Waals surface area contributed by atoms with Crippen molar-refractivity contribution in [2.75, 3.05) is 5.73 Å². The van der Waals surface area contributed by atoms with Crippen molar-refractivity contribution in [1.29, 1.82) is 0 Å². The summed E-state index contributed by atoms with van der Waals surface area (Å²) >= 11 is 0. The van der Waals surface area contributed by atoms with Crippen LogP contribution in [0.15, 0.2) is 27.4 Å². The Bertz CT molecular complexity index is 626. The average Bonchev–Trinajstić information content (AvgIpc) is 2.54. The fourth-order valence-corrected chi connectivity index (χ4v) is 1.62. The second kappa shape index (κ2) is 3.97. The van der Waals surface area contributed by atoms with Gasteiger partial charge in [-0.3, -0.25) is 9.36 Å². The second-order valence-corrected chi connectivity index (χ2v) is 4.01. The van der Waals surface area contributed by atoms with Crippen LogP contribution in [0.2, 0.25) is 0 Å². The lowest BCUT2D eigenvalue weighted by Gasteiger charge is -2.07. The largest absolute Gasteiger partial charge is 0.419 e. The van der Waals surface area contributed by atoms with E-state index in [4.69, 9.17) is 15.9 Å². The van der Waals surface area contributed by atoms with Gasteiger partial charge in [0.1, 0.15) is 0 Å². The molecule has 2 rings (SSSR count). The summed E-state index contributed by atoms with van der Waals surface area (Å²) in [6, 6.07) is 4.92. The molecule has 1 aromatic heterocycles. The van der Waals surface area contributed by atoms with Crippen molar-refractivity contribution in [1.82, 2.24) is 4.57 Å². The van der Waals surface area contributed by atoms with E-state index in [-0.39, 0.29) is 6.54 Å². The Labute approximate surface area is 96.8 Å². The summed E-state index contributed by atoms with van der Waals surface area (Å²) in [5.41, 5.74) is 12.3. The van der Waals surface area contributed by atoms with Gasteiger partial charge in [0.05, 0.1) is 11.4 Å². The third-order valence-electron chi connectivity index (χ3n) is 2.63. The lowest BCUT2D eigenvalue weighted by atomic mass is 10.1. The number of nitrogens with zero attached hydrogens (tertiary/aromatic N) is 1. The highest BCUT2D eigenvalue weighted by molar-refractivity contribution is 5.78. The van der Waals surface area contributed by atoms with Gasteiger partial charge < -0.3 is 15.9 Å². The number of hydrogen-bond acceptors (Lipinski definition) is 4. The van der Waals surface area contributed by atoms with Crippen molar-refractivity contribution < 1.29 is 9.21 Å². The smallest absolute Gasteiger partial charge is 0.408 e. The molecule has 17 heavy (non-hydrogen) atoms. The number of carbonyl (C=O) groups is 1. The molecule has 4 N–H and O–H groups in total. The number of nitrogens with two attached hydrogens (primary N) is 2. The first-order valence-electron chi connectivity index (χ1n) is 5.17. The predicted octanol–water partition coefficient (Wildman–Crippen LogP) is 0.298. The van der Waals surface area contributed by atoms with Crippen molar-refractivity contribution in [2.45, 2.75) is 13.5 Å². The number of carbonyl (C=O) groups excluding carboxylic acids is 1. The molecular weight excluding hydrogens is 222 g/mol. The van der Waals surface area contributed by atoms with Crippen LogP contribution in [0.3, 0.4) is 0 Å². The molecule has 0 spiro atoms. The minimum Gasteiger partial charge on any atom is -0.408 e. The number of rotatable bonds is 3. The SMILES string of the molecule is CC(Cn1c(=O)oc2cc(N)ccc21)C(N)=O. The molecule has 0 saturated carbocycles. The molecule has 1 amide bonds. The first-order valence-corrected chi connectivity index (χ1v) is 5.17. The van der Waals surface area contributed by atoms with Gasteiger partial charge in [-0.05, 0) is 12.1 Å². The van der Waals surface area contributed by atoms with Crippen molar-refractivity contribution in [3.63, 3.8) is 0 Å². The highest BCUT2D eigenvalue weighted by Crippen LogP contribution is 2.17. The molecule has 90 valence electrons. The zero-order chi connectivity index (χ0) is 12.6. The van der Waals surface area contributed by atoms with Crippen LogP contribution >= 0.6 is 0 Å². The highest BCUT2D eigenvalue weighted by atomic mass is 16.4. The minimum atomic E-state index is -0.515. The van der Waals surface area contributed by atoms with Crippen LogP contribution < -0.4 is 17.2 Å². The Morgan fingerprint density at radius 1 is 1.53 bits per heavy atom. The number of aromatic nitrogens is 1. The van der Waals surface area contributed by atoms with Gasteiger partial charge in [-0.2, -0.15) is 0 Å². The first kappa shape index (κ1) is 11.3. The topological polar surface area (TPSA) is 104 Å². The number of hydrogen-bond donors (Lipinski definition) is 2. The lowest BCUT2D eigenvalue weighted by molar-refractivity contribution is -0.121. The monoisotopic (exact) mass is 235 g/mol. The Morgan fingerprint density at radius 3 is 2.88 bits per heavy atom. The van der Waals surface area contributed by atoms with Gasteiger partial charge in [-0.25, -0.2) is 4.79 Å². The number of nitrogen functional groups attached to an aromatic ring is 1. The van der Waals surface area contributed by atoms with E-state index in [0.29, 0.717) is 16.8 Å². The highest BCUT2D eigenvalue weighted by Gasteiger charge is 2.15. The summed E-state index contributed by atoms with van der Waals surface area (Å²) in [5.74, 6) is -1.41. The van der Waals surface area contributed by atoms with E-state index in [2.05, 4.69) is 0 Å². The van der Waals surface area contributed by atoms with Crippen molar-refractivity contribution >= 4 is 22.7 Å². The van der Waals surface area contributed by atoms with Crippen LogP contribution in [-0.4, -0.2) is 10.5 Å². The van der Waals surface area contributed by atoms with E-state index in [1.165, 1.54) is 4.57 Å². The Kier molecular flexibility index (Phi) is 2.63. The van der Waals surface area contributed by atoms with E-state index in [1.54, 1.807) is 25.1 Å². The molecular formula is C11H13N3O3. The molecule has 0 saturated heterocycles. The summed E-state index contributed by atoms with van der Waals surface area (Å²) in [6.45, 7) is 1.86.